The third-order valence-corrected chi connectivity index (χ3v) is 6.56. The topological polar surface area (TPSA) is 68.0 Å². The van der Waals surface area contributed by atoms with Gasteiger partial charge in [0.05, 0.1) is 11.3 Å². The van der Waals surface area contributed by atoms with Crippen molar-refractivity contribution in [1.29, 1.82) is 0 Å². The zero-order valence-electron chi connectivity index (χ0n) is 15.8. The molecule has 0 saturated carbocycles. The highest BCUT2D eigenvalue weighted by molar-refractivity contribution is 7.21. The number of fused-ring (bicyclic) bond motifs is 2. The van der Waals surface area contributed by atoms with Crippen LogP contribution in [-0.2, 0) is 19.0 Å². The molecular formula is C21H20F3N3OS. The largest absolute Gasteiger partial charge is 0.416 e. The Balaban J connectivity index is 1.60. The Hall–Kier alpha value is -2.61. The van der Waals surface area contributed by atoms with Gasteiger partial charge in [0, 0.05) is 16.8 Å². The molecule has 0 bridgehead atoms. The molecule has 0 saturated heterocycles. The van der Waals surface area contributed by atoms with Crippen LogP contribution in [0.25, 0.3) is 10.2 Å². The Labute approximate surface area is 169 Å². The molecule has 1 atom stereocenters. The number of hydrogen-bond donors (Lipinski definition) is 2. The van der Waals surface area contributed by atoms with E-state index in [1.165, 1.54) is 29.0 Å². The Morgan fingerprint density at radius 1 is 1.31 bits per heavy atom. The molecule has 2 heterocycles. The molecule has 1 aliphatic carbocycles. The fourth-order valence-corrected chi connectivity index (χ4v) is 4.70. The summed E-state index contributed by atoms with van der Waals surface area (Å²) in [6.07, 6.45) is -0.284. The number of nitrogens with two attached hydrogens (primary N) is 1. The second-order valence-corrected chi connectivity index (χ2v) is 8.34. The van der Waals surface area contributed by atoms with Crippen LogP contribution in [0.15, 0.2) is 30.3 Å². The van der Waals surface area contributed by atoms with Crippen molar-refractivity contribution in [2.45, 2.75) is 38.8 Å². The van der Waals surface area contributed by atoms with Gasteiger partial charge < -0.3 is 11.1 Å². The predicted octanol–water partition coefficient (Wildman–Crippen LogP) is 5.66. The maximum absolute atomic E-state index is 12.7. The van der Waals surface area contributed by atoms with Gasteiger partial charge in [-0.25, -0.2) is 4.98 Å². The normalized spacial score (nSPS) is 16.6. The number of alkyl halides is 3. The van der Waals surface area contributed by atoms with Crippen LogP contribution in [0.3, 0.4) is 0 Å². The van der Waals surface area contributed by atoms with Gasteiger partial charge >= 0.3 is 6.18 Å². The highest BCUT2D eigenvalue weighted by Gasteiger charge is 2.30. The van der Waals surface area contributed by atoms with Crippen molar-refractivity contribution >= 4 is 38.8 Å². The summed E-state index contributed by atoms with van der Waals surface area (Å²) in [5.41, 5.74) is 8.37. The van der Waals surface area contributed by atoms with Crippen LogP contribution in [0.1, 0.15) is 46.3 Å². The molecule has 1 aromatic carbocycles. The molecule has 0 radical (unpaired) electrons. The number of rotatable bonds is 3. The Kier molecular flexibility index (Phi) is 4.98. The van der Waals surface area contributed by atoms with Gasteiger partial charge in [-0.3, -0.25) is 4.79 Å². The highest BCUT2D eigenvalue weighted by Crippen LogP contribution is 2.37. The lowest BCUT2D eigenvalue weighted by Gasteiger charge is -2.22. The average molecular weight is 419 g/mol. The molecular weight excluding hydrogens is 399 g/mol. The number of anilines is 2. The van der Waals surface area contributed by atoms with E-state index in [1.807, 2.05) is 6.07 Å². The Bertz CT molecular complexity index is 1070. The maximum atomic E-state index is 12.7. The molecule has 8 heteroatoms. The third kappa shape index (κ3) is 3.81. The van der Waals surface area contributed by atoms with Crippen LogP contribution in [0.4, 0.5) is 24.5 Å². The first-order valence-corrected chi connectivity index (χ1v) is 10.3. The molecule has 4 rings (SSSR count). The summed E-state index contributed by atoms with van der Waals surface area (Å²) in [6, 6.07) is 6.37. The third-order valence-electron chi connectivity index (χ3n) is 5.44. The SMILES string of the molecule is CC[C@H]1CCc2nc3sc(C(=O)Nc4ccc(C(F)(F)F)cc4)c(N)c3cc2C1. The van der Waals surface area contributed by atoms with Gasteiger partial charge in [-0.05, 0) is 61.1 Å². The van der Waals surface area contributed by atoms with Crippen molar-refractivity contribution in [3.05, 3.63) is 52.0 Å². The van der Waals surface area contributed by atoms with E-state index < -0.39 is 17.6 Å². The van der Waals surface area contributed by atoms with Crippen LogP contribution in [0, 0.1) is 5.92 Å². The van der Waals surface area contributed by atoms with Gasteiger partial charge in [0.15, 0.2) is 0 Å². The van der Waals surface area contributed by atoms with Crippen molar-refractivity contribution in [2.75, 3.05) is 11.1 Å². The van der Waals surface area contributed by atoms with E-state index in [1.54, 1.807) is 0 Å². The molecule has 3 N–H and O–H groups in total. The number of thiophene rings is 1. The van der Waals surface area contributed by atoms with Crippen molar-refractivity contribution < 1.29 is 18.0 Å². The van der Waals surface area contributed by atoms with Gasteiger partial charge in [0.25, 0.3) is 5.91 Å². The number of carbonyl (C=O) groups is 1. The van der Waals surface area contributed by atoms with E-state index in [-0.39, 0.29) is 5.69 Å². The summed E-state index contributed by atoms with van der Waals surface area (Å²) in [5.74, 6) is 0.193. The number of benzene rings is 1. The molecule has 1 amide bonds. The Morgan fingerprint density at radius 3 is 2.69 bits per heavy atom. The Morgan fingerprint density at radius 2 is 2.03 bits per heavy atom. The molecule has 0 spiro atoms. The quantitative estimate of drug-likeness (QED) is 0.575. The lowest BCUT2D eigenvalue weighted by molar-refractivity contribution is -0.137. The highest BCUT2D eigenvalue weighted by atomic mass is 32.1. The van der Waals surface area contributed by atoms with Crippen molar-refractivity contribution in [3.63, 3.8) is 0 Å². The fourth-order valence-electron chi connectivity index (χ4n) is 3.71. The van der Waals surface area contributed by atoms with Gasteiger partial charge in [0.1, 0.15) is 9.71 Å². The first kappa shape index (κ1) is 19.7. The van der Waals surface area contributed by atoms with Gasteiger partial charge in [-0.2, -0.15) is 13.2 Å². The number of pyridine rings is 1. The van der Waals surface area contributed by atoms with E-state index in [9.17, 15) is 18.0 Å². The summed E-state index contributed by atoms with van der Waals surface area (Å²) in [5, 5.41) is 3.39. The van der Waals surface area contributed by atoms with E-state index >= 15 is 0 Å². The van der Waals surface area contributed by atoms with Crippen LogP contribution >= 0.6 is 11.3 Å². The van der Waals surface area contributed by atoms with Crippen LogP contribution < -0.4 is 11.1 Å². The number of aromatic nitrogens is 1. The number of halogens is 3. The fraction of sp³-hybridized carbons (Fsp3) is 0.333. The molecule has 1 aliphatic rings. The van der Waals surface area contributed by atoms with Gasteiger partial charge in [0.2, 0.25) is 0 Å². The summed E-state index contributed by atoms with van der Waals surface area (Å²) in [7, 11) is 0. The van der Waals surface area contributed by atoms with E-state index in [2.05, 4.69) is 12.2 Å². The summed E-state index contributed by atoms with van der Waals surface area (Å²) < 4.78 is 38.1. The minimum atomic E-state index is -4.42. The molecule has 2 aromatic heterocycles. The van der Waals surface area contributed by atoms with E-state index in [0.29, 0.717) is 21.3 Å². The number of aryl methyl sites for hydroxylation is 1. The average Bonchev–Trinajstić information content (AvgIpc) is 3.01. The number of nitrogen functional groups attached to an aromatic ring is 1. The second kappa shape index (κ2) is 7.33. The zero-order valence-corrected chi connectivity index (χ0v) is 16.6. The molecule has 0 unspecified atom stereocenters. The minimum absolute atomic E-state index is 0.276. The lowest BCUT2D eigenvalue weighted by atomic mass is 9.85. The first-order chi connectivity index (χ1) is 13.8. The molecule has 0 aliphatic heterocycles. The van der Waals surface area contributed by atoms with E-state index in [0.717, 1.165) is 48.9 Å². The number of carbonyl (C=O) groups excluding carboxylic acids is 1. The predicted molar refractivity (Wildman–Crippen MR) is 109 cm³/mol. The standard InChI is InChI=1S/C21H20F3N3OS/c1-2-11-3-8-16-12(9-11)10-15-17(25)18(29-20(15)27-16)19(28)26-14-6-4-13(5-7-14)21(22,23)24/h4-7,10-11H,2-3,8-9,25H2,1H3,(H,26,28)/t11-/m0/s1. The lowest BCUT2D eigenvalue weighted by Crippen LogP contribution is -2.14. The molecule has 0 fully saturated rings. The molecule has 29 heavy (non-hydrogen) atoms. The van der Waals surface area contributed by atoms with Gasteiger partial charge in [-0.1, -0.05) is 13.3 Å². The molecule has 4 nitrogen and oxygen atoms in total. The monoisotopic (exact) mass is 419 g/mol. The smallest absolute Gasteiger partial charge is 0.397 e. The van der Waals surface area contributed by atoms with Crippen LogP contribution in [0.5, 0.6) is 0 Å². The summed E-state index contributed by atoms with van der Waals surface area (Å²) >= 11 is 1.21. The van der Waals surface area contributed by atoms with Crippen molar-refractivity contribution in [1.82, 2.24) is 4.98 Å². The molecule has 152 valence electrons. The summed E-state index contributed by atoms with van der Waals surface area (Å²) in [4.78, 5) is 18.4. The number of hydrogen-bond acceptors (Lipinski definition) is 4. The number of nitrogens with zero attached hydrogens (tertiary/aromatic N) is 1. The van der Waals surface area contributed by atoms with Crippen molar-refractivity contribution in [3.8, 4) is 0 Å². The van der Waals surface area contributed by atoms with E-state index in [4.69, 9.17) is 10.7 Å². The maximum Gasteiger partial charge on any atom is 0.416 e. The zero-order chi connectivity index (χ0) is 20.8. The minimum Gasteiger partial charge on any atom is -0.397 e. The number of nitrogens with one attached hydrogen (secondary N) is 1. The molecule has 3 aromatic rings. The second-order valence-electron chi connectivity index (χ2n) is 7.34. The van der Waals surface area contributed by atoms with Crippen LogP contribution in [0.2, 0.25) is 0 Å². The summed E-state index contributed by atoms with van der Waals surface area (Å²) in [6.45, 7) is 2.18. The van der Waals surface area contributed by atoms with Crippen LogP contribution in [-0.4, -0.2) is 10.9 Å². The first-order valence-electron chi connectivity index (χ1n) is 9.45. The van der Waals surface area contributed by atoms with Gasteiger partial charge in [-0.15, -0.1) is 11.3 Å². The van der Waals surface area contributed by atoms with Crippen molar-refractivity contribution in [2.24, 2.45) is 5.92 Å². The number of amides is 1.